The number of nitrogens with one attached hydrogen (secondary N) is 2. The van der Waals surface area contributed by atoms with Crippen molar-refractivity contribution in [2.75, 3.05) is 18.1 Å². The summed E-state index contributed by atoms with van der Waals surface area (Å²) in [7, 11) is 0. The second kappa shape index (κ2) is 8.10. The van der Waals surface area contributed by atoms with E-state index in [2.05, 4.69) is 10.6 Å². The van der Waals surface area contributed by atoms with Crippen LogP contribution in [0.3, 0.4) is 0 Å². The highest BCUT2D eigenvalue weighted by atomic mass is 32.2. The average Bonchev–Trinajstić information content (AvgIpc) is 2.54. The van der Waals surface area contributed by atoms with Gasteiger partial charge < -0.3 is 10.6 Å². The molecule has 0 aliphatic heterocycles. The predicted octanol–water partition coefficient (Wildman–Crippen LogP) is 4.79. The van der Waals surface area contributed by atoms with Crippen LogP contribution in [-0.4, -0.2) is 18.8 Å². The molecular formula is C17H17F3N2OS. The molecule has 0 fully saturated rings. The van der Waals surface area contributed by atoms with E-state index in [9.17, 15) is 18.0 Å². The molecule has 0 bridgehead atoms. The molecule has 3 nitrogen and oxygen atoms in total. The molecule has 24 heavy (non-hydrogen) atoms. The summed E-state index contributed by atoms with van der Waals surface area (Å²) in [5.74, 6) is 0. The van der Waals surface area contributed by atoms with Crippen molar-refractivity contribution in [2.45, 2.75) is 17.5 Å². The van der Waals surface area contributed by atoms with E-state index in [4.69, 9.17) is 0 Å². The summed E-state index contributed by atoms with van der Waals surface area (Å²) in [5.41, 5.74) is 0.506. The van der Waals surface area contributed by atoms with Crippen molar-refractivity contribution < 1.29 is 18.0 Å². The Morgan fingerprint density at radius 1 is 1.12 bits per heavy atom. The Balaban J connectivity index is 1.84. The van der Waals surface area contributed by atoms with Crippen LogP contribution in [-0.2, 0) is 12.6 Å². The van der Waals surface area contributed by atoms with Gasteiger partial charge in [-0.15, -0.1) is 11.8 Å². The summed E-state index contributed by atoms with van der Waals surface area (Å²) in [5, 5.41) is 5.33. The first-order valence-corrected chi connectivity index (χ1v) is 8.46. The first-order chi connectivity index (χ1) is 11.4. The Kier molecular flexibility index (Phi) is 6.14. The van der Waals surface area contributed by atoms with E-state index in [1.807, 2.05) is 24.5 Å². The fourth-order valence-corrected chi connectivity index (χ4v) is 2.56. The number of carbonyl (C=O) groups excluding carboxylic acids is 1. The van der Waals surface area contributed by atoms with Gasteiger partial charge in [-0.1, -0.05) is 24.3 Å². The monoisotopic (exact) mass is 354 g/mol. The van der Waals surface area contributed by atoms with Gasteiger partial charge in [0.15, 0.2) is 0 Å². The third-order valence-corrected chi connectivity index (χ3v) is 4.01. The number of alkyl halides is 3. The minimum atomic E-state index is -4.36. The smallest absolute Gasteiger partial charge is 0.338 e. The minimum Gasteiger partial charge on any atom is -0.338 e. The van der Waals surface area contributed by atoms with E-state index in [0.29, 0.717) is 17.7 Å². The van der Waals surface area contributed by atoms with Crippen LogP contribution in [0.5, 0.6) is 0 Å². The summed E-state index contributed by atoms with van der Waals surface area (Å²) < 4.78 is 37.9. The first kappa shape index (κ1) is 18.2. The number of anilines is 1. The molecule has 0 saturated heterocycles. The lowest BCUT2D eigenvalue weighted by Gasteiger charge is -2.10. The number of hydrogen-bond donors (Lipinski definition) is 2. The Morgan fingerprint density at radius 3 is 2.58 bits per heavy atom. The van der Waals surface area contributed by atoms with Crippen LogP contribution in [0.4, 0.5) is 23.7 Å². The second-order valence-electron chi connectivity index (χ2n) is 5.06. The zero-order valence-corrected chi connectivity index (χ0v) is 13.8. The van der Waals surface area contributed by atoms with Gasteiger partial charge in [-0.25, -0.2) is 4.79 Å². The number of rotatable bonds is 5. The number of halogens is 3. The van der Waals surface area contributed by atoms with Gasteiger partial charge in [0.25, 0.3) is 0 Å². The lowest BCUT2D eigenvalue weighted by Crippen LogP contribution is -2.30. The number of carbonyl (C=O) groups is 1. The molecule has 2 N–H and O–H groups in total. The van der Waals surface area contributed by atoms with Crippen LogP contribution in [0.15, 0.2) is 53.4 Å². The molecule has 2 amide bonds. The topological polar surface area (TPSA) is 41.1 Å². The standard InChI is InChI=1S/C17H17F3N2OS/c1-24-15-7-3-6-14(11-15)22-16(23)21-9-8-12-4-2-5-13(10-12)17(18,19)20/h2-7,10-11H,8-9H2,1H3,(H2,21,22,23). The van der Waals surface area contributed by atoms with Gasteiger partial charge in [-0.3, -0.25) is 0 Å². The Bertz CT molecular complexity index is 704. The lowest BCUT2D eigenvalue weighted by molar-refractivity contribution is -0.137. The molecule has 0 aromatic heterocycles. The fraction of sp³-hybridized carbons (Fsp3) is 0.235. The van der Waals surface area contributed by atoms with Crippen LogP contribution in [0.25, 0.3) is 0 Å². The molecule has 0 atom stereocenters. The van der Waals surface area contributed by atoms with Crippen molar-refractivity contribution in [1.82, 2.24) is 5.32 Å². The quantitative estimate of drug-likeness (QED) is 0.758. The second-order valence-corrected chi connectivity index (χ2v) is 5.94. The highest BCUT2D eigenvalue weighted by Gasteiger charge is 2.30. The molecule has 0 saturated carbocycles. The van der Waals surface area contributed by atoms with E-state index < -0.39 is 11.7 Å². The number of urea groups is 1. The van der Waals surface area contributed by atoms with E-state index in [1.54, 1.807) is 23.9 Å². The molecule has 7 heteroatoms. The van der Waals surface area contributed by atoms with Crippen LogP contribution in [0.1, 0.15) is 11.1 Å². The molecule has 0 aliphatic rings. The maximum Gasteiger partial charge on any atom is 0.416 e. The Labute approximate surface area is 142 Å². The van der Waals surface area contributed by atoms with Crippen molar-refractivity contribution >= 4 is 23.5 Å². The van der Waals surface area contributed by atoms with Gasteiger partial charge >= 0.3 is 12.2 Å². The molecule has 0 aliphatic carbocycles. The largest absolute Gasteiger partial charge is 0.416 e. The summed E-state index contributed by atoms with van der Waals surface area (Å²) in [6.45, 7) is 0.245. The summed E-state index contributed by atoms with van der Waals surface area (Å²) in [6, 6.07) is 12.1. The number of thioether (sulfide) groups is 1. The molecule has 0 spiro atoms. The maximum atomic E-state index is 12.6. The highest BCUT2D eigenvalue weighted by molar-refractivity contribution is 7.98. The number of amides is 2. The number of hydrogen-bond acceptors (Lipinski definition) is 2. The molecule has 128 valence electrons. The minimum absolute atomic E-state index is 0.245. The zero-order chi connectivity index (χ0) is 17.6. The van der Waals surface area contributed by atoms with E-state index in [0.717, 1.165) is 17.0 Å². The van der Waals surface area contributed by atoms with Crippen molar-refractivity contribution in [2.24, 2.45) is 0 Å². The predicted molar refractivity (Wildman–Crippen MR) is 90.4 cm³/mol. The Morgan fingerprint density at radius 2 is 1.88 bits per heavy atom. The highest BCUT2D eigenvalue weighted by Crippen LogP contribution is 2.29. The average molecular weight is 354 g/mol. The van der Waals surface area contributed by atoms with Crippen LogP contribution in [0, 0.1) is 0 Å². The van der Waals surface area contributed by atoms with Crippen LogP contribution >= 0.6 is 11.8 Å². The van der Waals surface area contributed by atoms with Crippen molar-refractivity contribution in [1.29, 1.82) is 0 Å². The van der Waals surface area contributed by atoms with Gasteiger partial charge in [0.05, 0.1) is 5.56 Å². The van der Waals surface area contributed by atoms with Gasteiger partial charge in [-0.2, -0.15) is 13.2 Å². The van der Waals surface area contributed by atoms with Gasteiger partial charge in [0, 0.05) is 17.1 Å². The molecule has 0 radical (unpaired) electrons. The van der Waals surface area contributed by atoms with Crippen molar-refractivity contribution in [3.63, 3.8) is 0 Å². The molecular weight excluding hydrogens is 337 g/mol. The van der Waals surface area contributed by atoms with Crippen molar-refractivity contribution in [3.8, 4) is 0 Å². The summed E-state index contributed by atoms with van der Waals surface area (Å²) in [6.07, 6.45) is -2.10. The molecule has 0 unspecified atom stereocenters. The lowest BCUT2D eigenvalue weighted by atomic mass is 10.1. The van der Waals surface area contributed by atoms with E-state index in [-0.39, 0.29) is 12.6 Å². The maximum absolute atomic E-state index is 12.6. The van der Waals surface area contributed by atoms with Gasteiger partial charge in [0.1, 0.15) is 0 Å². The van der Waals surface area contributed by atoms with Crippen LogP contribution < -0.4 is 10.6 Å². The van der Waals surface area contributed by atoms with Crippen molar-refractivity contribution in [3.05, 3.63) is 59.7 Å². The first-order valence-electron chi connectivity index (χ1n) is 7.23. The molecule has 0 heterocycles. The molecule has 2 aromatic rings. The van der Waals surface area contributed by atoms with E-state index >= 15 is 0 Å². The summed E-state index contributed by atoms with van der Waals surface area (Å²) in [4.78, 5) is 12.8. The summed E-state index contributed by atoms with van der Waals surface area (Å²) >= 11 is 1.56. The molecule has 2 aromatic carbocycles. The van der Waals surface area contributed by atoms with Crippen LogP contribution in [0.2, 0.25) is 0 Å². The fourth-order valence-electron chi connectivity index (χ4n) is 2.10. The Hall–Kier alpha value is -2.15. The third kappa shape index (κ3) is 5.49. The number of benzene rings is 2. The van der Waals surface area contributed by atoms with Gasteiger partial charge in [0.2, 0.25) is 0 Å². The molecule has 2 rings (SSSR count). The van der Waals surface area contributed by atoms with Gasteiger partial charge in [-0.05, 0) is 42.5 Å². The normalized spacial score (nSPS) is 11.2. The van der Waals surface area contributed by atoms with E-state index in [1.165, 1.54) is 6.07 Å². The third-order valence-electron chi connectivity index (χ3n) is 3.28. The SMILES string of the molecule is CSc1cccc(NC(=O)NCCc2cccc(C(F)(F)F)c2)c1. The zero-order valence-electron chi connectivity index (χ0n) is 13.0.